The van der Waals surface area contributed by atoms with Crippen LogP contribution in [-0.2, 0) is 16.2 Å². The Morgan fingerprint density at radius 1 is 1.45 bits per heavy atom. The summed E-state index contributed by atoms with van der Waals surface area (Å²) >= 11 is -1.12. The summed E-state index contributed by atoms with van der Waals surface area (Å²) in [4.78, 5) is 11.3. The number of carboxylic acids is 1. The molecule has 20 heavy (non-hydrogen) atoms. The van der Waals surface area contributed by atoms with Gasteiger partial charge in [-0.25, -0.2) is 4.79 Å². The predicted octanol–water partition coefficient (Wildman–Crippen LogP) is 2.69. The average molecular weight is 297 g/mol. The van der Waals surface area contributed by atoms with Crippen LogP contribution in [0.4, 0.5) is 0 Å². The Bertz CT molecular complexity index is 462. The number of hydrogen-bond donors (Lipinski definition) is 2. The molecule has 5 heteroatoms. The summed E-state index contributed by atoms with van der Waals surface area (Å²) in [5, 5.41) is 9.29. The molecule has 0 aromatic heterocycles. The molecule has 0 fully saturated rings. The van der Waals surface area contributed by atoms with Crippen LogP contribution < -0.4 is 4.72 Å². The molecule has 2 rings (SSSR count). The van der Waals surface area contributed by atoms with Gasteiger partial charge in [0.2, 0.25) is 0 Å². The van der Waals surface area contributed by atoms with Gasteiger partial charge in [0.05, 0.1) is 11.6 Å². The first-order valence-electron chi connectivity index (χ1n) is 7.14. The van der Waals surface area contributed by atoms with E-state index in [2.05, 4.69) is 4.72 Å². The van der Waals surface area contributed by atoms with E-state index in [1.807, 2.05) is 26.8 Å². The van der Waals surface area contributed by atoms with Crippen molar-refractivity contribution < 1.29 is 14.5 Å². The Morgan fingerprint density at radius 2 is 2.15 bits per heavy atom. The molecule has 0 radical (unpaired) electrons. The maximum absolute atomic E-state index is 12.3. The lowest BCUT2D eigenvalue weighted by Gasteiger charge is -2.34. The Hall–Kier alpha value is -0.780. The van der Waals surface area contributed by atoms with Gasteiger partial charge in [0.1, 0.15) is 4.75 Å². The fourth-order valence-corrected chi connectivity index (χ4v) is 3.68. The van der Waals surface area contributed by atoms with Gasteiger partial charge in [-0.2, -0.15) is 0 Å². The van der Waals surface area contributed by atoms with E-state index in [4.69, 9.17) is 0 Å². The lowest BCUT2D eigenvalue weighted by molar-refractivity contribution is -0.132. The lowest BCUT2D eigenvalue weighted by atomic mass is 9.79. The Kier molecular flexibility index (Phi) is 4.62. The summed E-state index contributed by atoms with van der Waals surface area (Å²) in [6, 6.07) is 0.0573. The molecule has 0 aromatic carbocycles. The van der Waals surface area contributed by atoms with Crippen molar-refractivity contribution in [1.82, 2.24) is 4.72 Å². The molecule has 0 heterocycles. The van der Waals surface area contributed by atoms with Crippen molar-refractivity contribution in [3.8, 4) is 0 Å². The third-order valence-electron chi connectivity index (χ3n) is 3.85. The summed E-state index contributed by atoms with van der Waals surface area (Å²) in [6.45, 7) is 5.83. The van der Waals surface area contributed by atoms with Crippen LogP contribution in [0.5, 0.6) is 0 Å². The van der Waals surface area contributed by atoms with E-state index >= 15 is 0 Å². The van der Waals surface area contributed by atoms with E-state index in [0.29, 0.717) is 5.57 Å². The van der Waals surface area contributed by atoms with Gasteiger partial charge in [0.15, 0.2) is 0 Å². The van der Waals surface area contributed by atoms with E-state index < -0.39 is 17.3 Å². The zero-order valence-electron chi connectivity index (χ0n) is 12.4. The van der Waals surface area contributed by atoms with Crippen LogP contribution >= 0.6 is 0 Å². The summed E-state index contributed by atoms with van der Waals surface area (Å²) in [5.41, 5.74) is 2.59. The standard InChI is InChI=1S/C15H23NO3S/c1-15(2,3)20(19)16-13-9-5-6-10-11(13)7-4-8-12(10)14(17)18/h8,13,16H,4-7,9H2,1-3H3,(H,17,18)/t13-,20?/m0/s1. The van der Waals surface area contributed by atoms with Gasteiger partial charge in [-0.1, -0.05) is 6.08 Å². The highest BCUT2D eigenvalue weighted by molar-refractivity contribution is 7.90. The molecule has 2 aliphatic rings. The third kappa shape index (κ3) is 3.27. The molecule has 0 aromatic rings. The van der Waals surface area contributed by atoms with Crippen molar-refractivity contribution >= 4 is 17.3 Å². The zero-order chi connectivity index (χ0) is 14.9. The summed E-state index contributed by atoms with van der Waals surface area (Å²) in [6.07, 6.45) is 6.18. The van der Waals surface area contributed by atoms with E-state index in [1.54, 1.807) is 0 Å². The van der Waals surface area contributed by atoms with Gasteiger partial charge in [-0.15, -0.1) is 4.72 Å². The van der Waals surface area contributed by atoms with Crippen LogP contribution in [0.2, 0.25) is 0 Å². The molecule has 1 unspecified atom stereocenters. The fraction of sp³-hybridized carbons (Fsp3) is 0.667. The number of hydrogen-bond acceptors (Lipinski definition) is 3. The van der Waals surface area contributed by atoms with Gasteiger partial charge in [0.25, 0.3) is 0 Å². The van der Waals surface area contributed by atoms with Crippen molar-refractivity contribution in [1.29, 1.82) is 0 Å². The van der Waals surface area contributed by atoms with Crippen LogP contribution in [0.15, 0.2) is 22.8 Å². The molecule has 0 aliphatic heterocycles. The van der Waals surface area contributed by atoms with Crippen LogP contribution in [0.25, 0.3) is 0 Å². The third-order valence-corrected chi connectivity index (χ3v) is 5.46. The lowest BCUT2D eigenvalue weighted by Crippen LogP contribution is -2.46. The normalized spacial score (nSPS) is 25.0. The molecule has 2 aliphatic carbocycles. The first-order chi connectivity index (χ1) is 9.30. The minimum Gasteiger partial charge on any atom is -0.598 e. The minimum atomic E-state index is -1.12. The largest absolute Gasteiger partial charge is 0.598 e. The monoisotopic (exact) mass is 297 g/mol. The maximum Gasteiger partial charge on any atom is 0.335 e. The SMILES string of the molecule is CC(C)(C)[S+]([O-])N[C@H]1CCCC2=C1CCC=C2C(=O)O. The molecule has 0 saturated heterocycles. The fourth-order valence-electron chi connectivity index (χ4n) is 2.81. The molecule has 4 nitrogen and oxygen atoms in total. The molecular formula is C15H23NO3S. The highest BCUT2D eigenvalue weighted by Crippen LogP contribution is 2.37. The second kappa shape index (κ2) is 5.92. The molecule has 0 bridgehead atoms. The van der Waals surface area contributed by atoms with E-state index in [1.165, 1.54) is 0 Å². The molecular weight excluding hydrogens is 274 g/mol. The van der Waals surface area contributed by atoms with Gasteiger partial charge in [-0.05, 0) is 64.0 Å². The van der Waals surface area contributed by atoms with Crippen molar-refractivity contribution in [3.05, 3.63) is 22.8 Å². The molecule has 0 amide bonds. The molecule has 112 valence electrons. The maximum atomic E-state index is 12.3. The first kappa shape index (κ1) is 15.6. The number of carbonyl (C=O) groups is 1. The van der Waals surface area contributed by atoms with Gasteiger partial charge in [0, 0.05) is 11.4 Å². The number of carboxylic acid groups (broad SMARTS) is 1. The number of rotatable bonds is 3. The average Bonchev–Trinajstić information content (AvgIpc) is 2.37. The number of nitrogens with one attached hydrogen (secondary N) is 1. The van der Waals surface area contributed by atoms with Crippen LogP contribution in [0.3, 0.4) is 0 Å². The summed E-state index contributed by atoms with van der Waals surface area (Å²) < 4.78 is 15.2. The van der Waals surface area contributed by atoms with Crippen molar-refractivity contribution in [2.45, 2.75) is 63.7 Å². The van der Waals surface area contributed by atoms with Crippen molar-refractivity contribution in [3.63, 3.8) is 0 Å². The van der Waals surface area contributed by atoms with E-state index in [-0.39, 0.29) is 10.8 Å². The Morgan fingerprint density at radius 3 is 2.75 bits per heavy atom. The summed E-state index contributed by atoms with van der Waals surface area (Å²) in [5.74, 6) is -0.838. The second-order valence-electron chi connectivity index (χ2n) is 6.41. The van der Waals surface area contributed by atoms with Crippen LogP contribution in [0, 0.1) is 0 Å². The molecule has 0 saturated carbocycles. The van der Waals surface area contributed by atoms with E-state index in [0.717, 1.165) is 43.3 Å². The number of aliphatic carboxylic acids is 1. The van der Waals surface area contributed by atoms with Gasteiger partial charge >= 0.3 is 5.97 Å². The highest BCUT2D eigenvalue weighted by atomic mass is 32.2. The molecule has 2 atom stereocenters. The van der Waals surface area contributed by atoms with Crippen LogP contribution in [0.1, 0.15) is 52.9 Å². The first-order valence-corrected chi connectivity index (χ1v) is 8.29. The smallest absolute Gasteiger partial charge is 0.335 e. The van der Waals surface area contributed by atoms with Crippen molar-refractivity contribution in [2.75, 3.05) is 0 Å². The zero-order valence-corrected chi connectivity index (χ0v) is 13.2. The van der Waals surface area contributed by atoms with Gasteiger partial charge < -0.3 is 9.66 Å². The molecule has 2 N–H and O–H groups in total. The highest BCUT2D eigenvalue weighted by Gasteiger charge is 2.34. The minimum absolute atomic E-state index is 0.0573. The van der Waals surface area contributed by atoms with Crippen LogP contribution in [-0.4, -0.2) is 26.4 Å². The predicted molar refractivity (Wildman–Crippen MR) is 80.6 cm³/mol. The number of allylic oxidation sites excluding steroid dienone is 1. The van der Waals surface area contributed by atoms with Crippen molar-refractivity contribution in [2.24, 2.45) is 0 Å². The quantitative estimate of drug-likeness (QED) is 0.786. The Labute approximate surface area is 123 Å². The van der Waals surface area contributed by atoms with E-state index in [9.17, 15) is 14.5 Å². The second-order valence-corrected chi connectivity index (χ2v) is 8.41. The Balaban J connectivity index is 2.22. The molecule has 0 spiro atoms. The summed E-state index contributed by atoms with van der Waals surface area (Å²) in [7, 11) is 0. The van der Waals surface area contributed by atoms with Gasteiger partial charge in [-0.3, -0.25) is 0 Å². The topological polar surface area (TPSA) is 72.4 Å².